The van der Waals surface area contributed by atoms with Crippen LogP contribution in [0.15, 0.2) is 30.7 Å². The predicted molar refractivity (Wildman–Crippen MR) is 152 cm³/mol. The Balaban J connectivity index is 1.25. The number of ether oxygens (including phenoxy) is 1. The van der Waals surface area contributed by atoms with E-state index in [1.54, 1.807) is 13.3 Å². The maximum absolute atomic E-state index is 14.5. The number of hydrogen-bond donors (Lipinski definition) is 2. The van der Waals surface area contributed by atoms with Crippen molar-refractivity contribution in [3.8, 4) is 0 Å². The fourth-order valence-corrected chi connectivity index (χ4v) is 8.06. The van der Waals surface area contributed by atoms with Crippen molar-refractivity contribution >= 4 is 47.5 Å². The summed E-state index contributed by atoms with van der Waals surface area (Å²) in [5, 5.41) is 7.54. The second kappa shape index (κ2) is 11.9. The zero-order chi connectivity index (χ0) is 26.8. The summed E-state index contributed by atoms with van der Waals surface area (Å²) < 4.78 is 24.0. The van der Waals surface area contributed by atoms with Gasteiger partial charge in [0.15, 0.2) is 0 Å². The van der Waals surface area contributed by atoms with Crippen molar-refractivity contribution in [1.29, 1.82) is 0 Å². The summed E-state index contributed by atoms with van der Waals surface area (Å²) in [5.74, 6) is 0.568. The maximum atomic E-state index is 14.5. The third-order valence-corrected chi connectivity index (χ3v) is 10.6. The molecule has 1 unspecified atom stereocenters. The van der Waals surface area contributed by atoms with Crippen LogP contribution in [0.2, 0.25) is 0 Å². The number of anilines is 1. The van der Waals surface area contributed by atoms with Gasteiger partial charge in [-0.15, -0.1) is 0 Å². The molecule has 6 rings (SSSR count). The van der Waals surface area contributed by atoms with Crippen molar-refractivity contribution in [1.82, 2.24) is 30.2 Å². The number of pyridine rings is 1. The van der Waals surface area contributed by atoms with Gasteiger partial charge in [0.2, 0.25) is 0 Å². The molecule has 0 bridgehead atoms. The van der Waals surface area contributed by atoms with Crippen molar-refractivity contribution in [2.45, 2.75) is 69.3 Å². The Morgan fingerprint density at radius 3 is 2.74 bits per heavy atom. The van der Waals surface area contributed by atoms with Crippen LogP contribution in [0.25, 0.3) is 10.9 Å². The van der Waals surface area contributed by atoms with E-state index in [0.717, 1.165) is 64.2 Å². The molecule has 3 fully saturated rings. The Hall–Kier alpha value is -2.55. The molecular weight excluding hydrogens is 560 g/mol. The van der Waals surface area contributed by atoms with Gasteiger partial charge in [-0.3, -0.25) is 0 Å². The Labute approximate surface area is 235 Å². The SMILES string of the molecule is CO[C@H]1CCN(c2nccc([AsH]c3cc4c(cn3)c(C(=O)NC3CCNCC3)cn4C3CCCC3)n2)C[C@H]1F. The van der Waals surface area contributed by atoms with Gasteiger partial charge >= 0.3 is 235 Å². The average molecular weight is 598 g/mol. The Bertz CT molecular complexity index is 1310. The number of alkyl halides is 1. The van der Waals surface area contributed by atoms with Crippen LogP contribution < -0.4 is 24.5 Å². The van der Waals surface area contributed by atoms with Crippen LogP contribution in [0.5, 0.6) is 0 Å². The summed E-state index contributed by atoms with van der Waals surface area (Å²) in [5.41, 5.74) is 1.81. The number of carbonyl (C=O) groups is 1. The van der Waals surface area contributed by atoms with E-state index in [4.69, 9.17) is 14.7 Å². The number of aromatic nitrogens is 4. The van der Waals surface area contributed by atoms with Gasteiger partial charge in [0, 0.05) is 0 Å². The Morgan fingerprint density at radius 2 is 1.97 bits per heavy atom. The van der Waals surface area contributed by atoms with E-state index in [9.17, 15) is 9.18 Å². The summed E-state index contributed by atoms with van der Waals surface area (Å²) in [7, 11) is 1.56. The molecule has 0 aromatic carbocycles. The van der Waals surface area contributed by atoms with E-state index >= 15 is 0 Å². The fraction of sp³-hybridized carbons (Fsp3) is 0.571. The summed E-state index contributed by atoms with van der Waals surface area (Å²) in [4.78, 5) is 29.3. The van der Waals surface area contributed by atoms with Crippen LogP contribution in [-0.2, 0) is 4.74 Å². The number of nitrogens with one attached hydrogen (secondary N) is 2. The molecule has 0 spiro atoms. The minimum absolute atomic E-state index is 0.00179. The summed E-state index contributed by atoms with van der Waals surface area (Å²) >= 11 is -0.850. The minimum atomic E-state index is -1.05. The predicted octanol–water partition coefficient (Wildman–Crippen LogP) is 1.37. The van der Waals surface area contributed by atoms with Crippen molar-refractivity contribution in [3.05, 3.63) is 36.3 Å². The first kappa shape index (κ1) is 26.7. The number of amides is 1. The number of fused-ring (bicyclic) bond motifs is 1. The number of rotatable bonds is 7. The van der Waals surface area contributed by atoms with Crippen LogP contribution in [0, 0.1) is 0 Å². The van der Waals surface area contributed by atoms with Crippen molar-refractivity contribution < 1.29 is 13.9 Å². The number of methoxy groups -OCH3 is 1. The first-order chi connectivity index (χ1) is 19.1. The molecule has 0 radical (unpaired) electrons. The molecule has 39 heavy (non-hydrogen) atoms. The van der Waals surface area contributed by atoms with Crippen molar-refractivity contribution in [3.63, 3.8) is 0 Å². The van der Waals surface area contributed by atoms with Gasteiger partial charge in [0.05, 0.1) is 0 Å². The van der Waals surface area contributed by atoms with Crippen LogP contribution in [0.1, 0.15) is 61.3 Å². The second-order valence-corrected chi connectivity index (χ2v) is 13.5. The zero-order valence-electron chi connectivity index (χ0n) is 22.4. The van der Waals surface area contributed by atoms with Gasteiger partial charge < -0.3 is 0 Å². The topological polar surface area (TPSA) is 97.2 Å². The monoisotopic (exact) mass is 597 g/mol. The molecule has 2 saturated heterocycles. The zero-order valence-corrected chi connectivity index (χ0v) is 24.5. The van der Waals surface area contributed by atoms with Gasteiger partial charge in [0.1, 0.15) is 0 Å². The first-order valence-electron chi connectivity index (χ1n) is 14.1. The van der Waals surface area contributed by atoms with Gasteiger partial charge in [-0.05, 0) is 0 Å². The molecule has 3 atom stereocenters. The fourth-order valence-electron chi connectivity index (χ4n) is 6.14. The number of halogens is 1. The molecule has 3 aromatic heterocycles. The van der Waals surface area contributed by atoms with E-state index in [2.05, 4.69) is 32.4 Å². The number of hydrogen-bond acceptors (Lipinski definition) is 7. The van der Waals surface area contributed by atoms with Gasteiger partial charge in [-0.1, -0.05) is 0 Å². The molecule has 3 aromatic rings. The Kier molecular flexibility index (Phi) is 8.14. The third-order valence-electron chi connectivity index (χ3n) is 8.32. The Morgan fingerprint density at radius 1 is 1.15 bits per heavy atom. The van der Waals surface area contributed by atoms with E-state index in [0.29, 0.717) is 25.0 Å². The van der Waals surface area contributed by atoms with Crippen molar-refractivity contribution in [2.24, 2.45) is 0 Å². The van der Waals surface area contributed by atoms with E-state index < -0.39 is 21.9 Å². The first-order valence-corrected chi connectivity index (χ1v) is 16.2. The molecule has 11 heteroatoms. The average Bonchev–Trinajstić information content (AvgIpc) is 3.62. The molecule has 9 nitrogen and oxygen atoms in total. The van der Waals surface area contributed by atoms with E-state index in [-0.39, 0.29) is 24.6 Å². The molecule has 5 heterocycles. The molecule has 2 N–H and O–H groups in total. The van der Waals surface area contributed by atoms with E-state index in [1.165, 1.54) is 12.8 Å². The van der Waals surface area contributed by atoms with Gasteiger partial charge in [0.25, 0.3) is 0 Å². The van der Waals surface area contributed by atoms with Crippen LogP contribution in [0.4, 0.5) is 10.3 Å². The molecule has 208 valence electrons. The second-order valence-electron chi connectivity index (χ2n) is 10.9. The molecule has 3 aliphatic rings. The number of carbonyl (C=O) groups excluding carboxylic acids is 1. The standard InChI is InChI=1S/C28H37AsFN7O2/c1-39-24-9-13-36(17-22(24)30)28-32-12-8-25(35-28)29-26-14-23-20(15-33-26)21(16-37(23)19-4-2-3-5-19)27(38)34-18-6-10-31-11-7-18/h8,12,14-16,18-19,22,24,29,31H,2-7,9-11,13,17H2,1H3,(H,34,38)/t22-,24+/m1/s1. The number of nitrogens with zero attached hydrogens (tertiary/aromatic N) is 5. The molecule has 1 aliphatic carbocycles. The molecular formula is C28H37AsFN7O2. The third kappa shape index (κ3) is 5.83. The van der Waals surface area contributed by atoms with E-state index in [1.807, 2.05) is 17.2 Å². The normalized spacial score (nSPS) is 23.3. The molecule has 2 aliphatic heterocycles. The van der Waals surface area contributed by atoms with Crippen LogP contribution in [-0.4, -0.2) is 92.8 Å². The molecule has 1 amide bonds. The summed E-state index contributed by atoms with van der Waals surface area (Å²) in [6.07, 6.45) is 11.5. The van der Waals surface area contributed by atoms with Crippen molar-refractivity contribution in [2.75, 3.05) is 38.2 Å². The molecule has 1 saturated carbocycles. The number of piperidine rings is 2. The summed E-state index contributed by atoms with van der Waals surface area (Å²) in [6.45, 7) is 2.79. The quantitative estimate of drug-likeness (QED) is 0.398. The van der Waals surface area contributed by atoms with Gasteiger partial charge in [-0.2, -0.15) is 0 Å². The van der Waals surface area contributed by atoms with Crippen LogP contribution in [0.3, 0.4) is 0 Å². The summed E-state index contributed by atoms with van der Waals surface area (Å²) in [6, 6.07) is 4.73. The van der Waals surface area contributed by atoms with Gasteiger partial charge in [-0.25, -0.2) is 0 Å². The van der Waals surface area contributed by atoms with Crippen LogP contribution >= 0.6 is 0 Å².